The van der Waals surface area contributed by atoms with Crippen molar-refractivity contribution < 1.29 is 0 Å². The van der Waals surface area contributed by atoms with Crippen LogP contribution in [0, 0.1) is 24.2 Å². The molecule has 0 aromatic carbocycles. The average molecular weight is 364 g/mol. The minimum Gasteiger partial charge on any atom is -0.355 e. The number of hydrogen-bond acceptors (Lipinski definition) is 5. The summed E-state index contributed by atoms with van der Waals surface area (Å²) in [7, 11) is 0. The lowest BCUT2D eigenvalue weighted by molar-refractivity contribution is 0.0341. The average Bonchev–Trinajstić information content (AvgIpc) is 3.14. The number of rotatable bonds is 3. The molecule has 4 rings (SSSR count). The van der Waals surface area contributed by atoms with Crippen LogP contribution >= 0.6 is 0 Å². The number of nitrogens with zero attached hydrogens (tertiary/aromatic N) is 5. The van der Waals surface area contributed by atoms with Crippen LogP contribution in [0.1, 0.15) is 49.3 Å². The monoisotopic (exact) mass is 364 g/mol. The molecule has 2 aliphatic heterocycles. The first kappa shape index (κ1) is 18.0. The number of fused-ring (bicyclic) bond motifs is 2. The molecular weight excluding hydrogens is 336 g/mol. The van der Waals surface area contributed by atoms with Crippen LogP contribution in [-0.2, 0) is 12.0 Å². The highest BCUT2D eigenvalue weighted by atomic mass is 15.3. The lowest BCUT2D eigenvalue weighted by atomic mass is 9.78. The van der Waals surface area contributed by atoms with Gasteiger partial charge in [0.05, 0.1) is 23.1 Å². The number of anilines is 1. The molecule has 1 N–H and O–H groups in total. The molecule has 0 unspecified atom stereocenters. The first-order valence-corrected chi connectivity index (χ1v) is 9.94. The van der Waals surface area contributed by atoms with E-state index in [1.165, 1.54) is 11.4 Å². The van der Waals surface area contributed by atoms with Gasteiger partial charge in [0.1, 0.15) is 11.9 Å². The SMILES string of the molecule is Cc1ccc(C#N)c(N2CCC3(CC2)c2nc[nH]c2CCN3CC(C)C)n1. The van der Waals surface area contributed by atoms with Gasteiger partial charge in [-0.3, -0.25) is 4.90 Å². The van der Waals surface area contributed by atoms with Gasteiger partial charge >= 0.3 is 0 Å². The summed E-state index contributed by atoms with van der Waals surface area (Å²) in [6, 6.07) is 6.11. The Labute approximate surface area is 161 Å². The van der Waals surface area contributed by atoms with Crippen molar-refractivity contribution in [3.63, 3.8) is 0 Å². The number of H-pyrrole nitrogens is 1. The van der Waals surface area contributed by atoms with E-state index >= 15 is 0 Å². The molecule has 0 saturated carbocycles. The van der Waals surface area contributed by atoms with E-state index in [1.54, 1.807) is 0 Å². The summed E-state index contributed by atoms with van der Waals surface area (Å²) in [5.41, 5.74) is 4.17. The third-order valence-electron chi connectivity index (χ3n) is 6.01. The third-order valence-corrected chi connectivity index (χ3v) is 6.01. The maximum atomic E-state index is 9.49. The molecule has 4 heterocycles. The van der Waals surface area contributed by atoms with Crippen molar-refractivity contribution in [2.75, 3.05) is 31.1 Å². The Morgan fingerprint density at radius 1 is 1.26 bits per heavy atom. The number of hydrogen-bond donors (Lipinski definition) is 1. The smallest absolute Gasteiger partial charge is 0.146 e. The lowest BCUT2D eigenvalue weighted by Crippen LogP contribution is -2.57. The molecule has 0 radical (unpaired) electrons. The Bertz CT molecular complexity index is 854. The normalized spacial score (nSPS) is 19.3. The molecule has 0 atom stereocenters. The first-order chi connectivity index (χ1) is 13.0. The van der Waals surface area contributed by atoms with Gasteiger partial charge < -0.3 is 9.88 Å². The molecule has 142 valence electrons. The summed E-state index contributed by atoms with van der Waals surface area (Å²) in [5, 5.41) is 9.49. The van der Waals surface area contributed by atoms with Gasteiger partial charge in [-0.2, -0.15) is 5.26 Å². The van der Waals surface area contributed by atoms with E-state index in [1.807, 2.05) is 25.4 Å². The second-order valence-corrected chi connectivity index (χ2v) is 8.27. The van der Waals surface area contributed by atoms with Crippen molar-refractivity contribution in [2.24, 2.45) is 5.92 Å². The molecule has 1 fully saturated rings. The lowest BCUT2D eigenvalue weighted by Gasteiger charge is -2.51. The molecule has 6 nitrogen and oxygen atoms in total. The second-order valence-electron chi connectivity index (χ2n) is 8.27. The number of nitriles is 1. The summed E-state index contributed by atoms with van der Waals surface area (Å²) < 4.78 is 0. The maximum absolute atomic E-state index is 9.49. The Hall–Kier alpha value is -2.39. The van der Waals surface area contributed by atoms with Gasteiger partial charge in [0, 0.05) is 44.0 Å². The Balaban J connectivity index is 1.63. The summed E-state index contributed by atoms with van der Waals surface area (Å²) >= 11 is 0. The zero-order valence-electron chi connectivity index (χ0n) is 16.5. The molecule has 0 bridgehead atoms. The van der Waals surface area contributed by atoms with E-state index in [0.29, 0.717) is 11.5 Å². The van der Waals surface area contributed by atoms with Crippen molar-refractivity contribution >= 4 is 5.82 Å². The molecule has 2 aliphatic rings. The van der Waals surface area contributed by atoms with E-state index in [0.717, 1.165) is 57.0 Å². The number of piperidine rings is 1. The zero-order chi connectivity index (χ0) is 19.0. The first-order valence-electron chi connectivity index (χ1n) is 9.94. The summed E-state index contributed by atoms with van der Waals surface area (Å²) in [6.45, 7) is 10.5. The zero-order valence-corrected chi connectivity index (χ0v) is 16.5. The fourth-order valence-electron chi connectivity index (χ4n) is 4.74. The van der Waals surface area contributed by atoms with Crippen LogP contribution in [0.5, 0.6) is 0 Å². The van der Waals surface area contributed by atoms with Crippen molar-refractivity contribution in [3.05, 3.63) is 41.1 Å². The van der Waals surface area contributed by atoms with Gasteiger partial charge in [0.2, 0.25) is 0 Å². The highest BCUT2D eigenvalue weighted by molar-refractivity contribution is 5.55. The fourth-order valence-corrected chi connectivity index (χ4v) is 4.74. The van der Waals surface area contributed by atoms with E-state index in [9.17, 15) is 5.26 Å². The van der Waals surface area contributed by atoms with Crippen LogP contribution in [-0.4, -0.2) is 46.0 Å². The largest absolute Gasteiger partial charge is 0.355 e. The molecule has 2 aromatic heterocycles. The van der Waals surface area contributed by atoms with Crippen LogP contribution < -0.4 is 4.90 Å². The van der Waals surface area contributed by atoms with Gasteiger partial charge in [0.15, 0.2) is 0 Å². The molecule has 1 spiro atoms. The molecule has 0 amide bonds. The Kier molecular flexibility index (Phi) is 4.65. The third kappa shape index (κ3) is 3.10. The number of imidazole rings is 1. The number of pyridine rings is 1. The van der Waals surface area contributed by atoms with Crippen LogP contribution in [0.3, 0.4) is 0 Å². The molecule has 27 heavy (non-hydrogen) atoms. The summed E-state index contributed by atoms with van der Waals surface area (Å²) in [5.74, 6) is 1.46. The Morgan fingerprint density at radius 3 is 2.74 bits per heavy atom. The van der Waals surface area contributed by atoms with Crippen LogP contribution in [0.4, 0.5) is 5.82 Å². The number of aromatic amines is 1. The van der Waals surface area contributed by atoms with Crippen LogP contribution in [0.2, 0.25) is 0 Å². The topological polar surface area (TPSA) is 71.8 Å². The second kappa shape index (κ2) is 6.97. The molecule has 2 aromatic rings. The van der Waals surface area contributed by atoms with Crippen molar-refractivity contribution in [1.82, 2.24) is 19.9 Å². The van der Waals surface area contributed by atoms with E-state index < -0.39 is 0 Å². The van der Waals surface area contributed by atoms with E-state index in [2.05, 4.69) is 39.7 Å². The highest BCUT2D eigenvalue weighted by Crippen LogP contribution is 2.43. The van der Waals surface area contributed by atoms with Gasteiger partial charge in [-0.05, 0) is 37.8 Å². The summed E-state index contributed by atoms with van der Waals surface area (Å²) in [6.07, 6.45) is 4.93. The minimum atomic E-state index is 0.00495. The van der Waals surface area contributed by atoms with Gasteiger partial charge in [0.25, 0.3) is 0 Å². The molecule has 1 saturated heterocycles. The summed E-state index contributed by atoms with van der Waals surface area (Å²) in [4.78, 5) is 17.7. The van der Waals surface area contributed by atoms with Gasteiger partial charge in [-0.15, -0.1) is 0 Å². The Morgan fingerprint density at radius 2 is 2.04 bits per heavy atom. The number of aromatic nitrogens is 3. The standard InChI is InChI=1S/C21H28N6/c1-15(2)13-27-9-6-18-19(24-14-23-18)21(27)7-10-26(11-8-21)20-17(12-22)5-4-16(3)25-20/h4-5,14-15H,6-11,13H2,1-3H3,(H,23,24). The van der Waals surface area contributed by atoms with Gasteiger partial charge in [-0.1, -0.05) is 13.8 Å². The predicted molar refractivity (Wildman–Crippen MR) is 106 cm³/mol. The van der Waals surface area contributed by atoms with Crippen molar-refractivity contribution in [2.45, 2.75) is 45.6 Å². The number of aryl methyl sites for hydroxylation is 1. The molecule has 6 heteroatoms. The number of nitrogens with one attached hydrogen (secondary N) is 1. The minimum absolute atomic E-state index is 0.00495. The highest BCUT2D eigenvalue weighted by Gasteiger charge is 2.46. The van der Waals surface area contributed by atoms with Gasteiger partial charge in [-0.25, -0.2) is 9.97 Å². The molecule has 0 aliphatic carbocycles. The fraction of sp³-hybridized carbons (Fsp3) is 0.571. The van der Waals surface area contributed by atoms with E-state index in [-0.39, 0.29) is 5.54 Å². The van der Waals surface area contributed by atoms with Crippen LogP contribution in [0.25, 0.3) is 0 Å². The quantitative estimate of drug-likeness (QED) is 0.906. The van der Waals surface area contributed by atoms with Crippen molar-refractivity contribution in [3.8, 4) is 6.07 Å². The van der Waals surface area contributed by atoms with Crippen LogP contribution in [0.15, 0.2) is 18.5 Å². The molecular formula is C21H28N6. The maximum Gasteiger partial charge on any atom is 0.146 e. The van der Waals surface area contributed by atoms with Crippen molar-refractivity contribution in [1.29, 1.82) is 5.26 Å². The predicted octanol–water partition coefficient (Wildman–Crippen LogP) is 2.99. The van der Waals surface area contributed by atoms with E-state index in [4.69, 9.17) is 4.98 Å².